The van der Waals surface area contributed by atoms with Crippen LogP contribution < -0.4 is 0 Å². The number of amides is 1. The summed E-state index contributed by atoms with van der Waals surface area (Å²) in [6, 6.07) is 1.83. The monoisotopic (exact) mass is 251 g/mol. The molecule has 0 aliphatic heterocycles. The number of aromatic nitrogens is 2. The van der Waals surface area contributed by atoms with Gasteiger partial charge in [-0.1, -0.05) is 0 Å². The molecular formula is C13H21N3O2. The summed E-state index contributed by atoms with van der Waals surface area (Å²) in [6.07, 6.45) is 1.45. The van der Waals surface area contributed by atoms with E-state index in [4.69, 9.17) is 0 Å². The van der Waals surface area contributed by atoms with Crippen molar-refractivity contribution in [3.05, 3.63) is 17.5 Å². The summed E-state index contributed by atoms with van der Waals surface area (Å²) >= 11 is 0. The zero-order chi connectivity index (χ0) is 13.3. The van der Waals surface area contributed by atoms with Gasteiger partial charge in [-0.3, -0.25) is 9.48 Å². The lowest BCUT2D eigenvalue weighted by Gasteiger charge is -2.34. The van der Waals surface area contributed by atoms with E-state index >= 15 is 0 Å². The van der Waals surface area contributed by atoms with Gasteiger partial charge < -0.3 is 10.0 Å². The minimum absolute atomic E-state index is 0.0128. The fourth-order valence-corrected chi connectivity index (χ4v) is 2.47. The number of aliphatic hydroxyl groups excluding tert-OH is 1. The number of aliphatic hydroxyl groups is 1. The van der Waals surface area contributed by atoms with Crippen LogP contribution in [0.5, 0.6) is 0 Å². The first-order valence-corrected chi connectivity index (χ1v) is 6.49. The SMILES string of the molecule is CCn1nc(C)cc1C(=O)N(C)CC1CC(O)C1. The molecule has 0 saturated heterocycles. The first-order chi connectivity index (χ1) is 8.51. The summed E-state index contributed by atoms with van der Waals surface area (Å²) < 4.78 is 1.74. The third-order valence-corrected chi connectivity index (χ3v) is 3.51. The Labute approximate surface area is 107 Å². The predicted molar refractivity (Wildman–Crippen MR) is 68.3 cm³/mol. The second-order valence-electron chi connectivity index (χ2n) is 5.16. The van der Waals surface area contributed by atoms with Crippen molar-refractivity contribution >= 4 is 5.91 Å². The van der Waals surface area contributed by atoms with Crippen LogP contribution in [-0.2, 0) is 6.54 Å². The summed E-state index contributed by atoms with van der Waals surface area (Å²) in [6.45, 7) is 5.28. The number of hydrogen-bond donors (Lipinski definition) is 1. The molecule has 0 bridgehead atoms. The molecule has 1 heterocycles. The number of aryl methyl sites for hydroxylation is 2. The first-order valence-electron chi connectivity index (χ1n) is 6.49. The van der Waals surface area contributed by atoms with Crippen molar-refractivity contribution in [2.24, 2.45) is 5.92 Å². The van der Waals surface area contributed by atoms with Gasteiger partial charge >= 0.3 is 0 Å². The van der Waals surface area contributed by atoms with Gasteiger partial charge in [0.1, 0.15) is 5.69 Å². The molecular weight excluding hydrogens is 230 g/mol. The molecule has 100 valence electrons. The van der Waals surface area contributed by atoms with Crippen LogP contribution in [0.15, 0.2) is 6.07 Å². The van der Waals surface area contributed by atoms with Gasteiger partial charge in [0.25, 0.3) is 5.91 Å². The van der Waals surface area contributed by atoms with Crippen LogP contribution in [0.1, 0.15) is 35.9 Å². The average molecular weight is 251 g/mol. The highest BCUT2D eigenvalue weighted by Gasteiger charge is 2.29. The number of rotatable bonds is 4. The average Bonchev–Trinajstić information content (AvgIpc) is 2.67. The van der Waals surface area contributed by atoms with Crippen LogP contribution in [0, 0.1) is 12.8 Å². The Balaban J connectivity index is 2.01. The summed E-state index contributed by atoms with van der Waals surface area (Å²) in [7, 11) is 1.81. The quantitative estimate of drug-likeness (QED) is 0.870. The smallest absolute Gasteiger partial charge is 0.271 e. The van der Waals surface area contributed by atoms with Crippen molar-refractivity contribution in [1.82, 2.24) is 14.7 Å². The standard InChI is InChI=1S/C13H21N3O2/c1-4-16-12(5-9(2)14-16)13(18)15(3)8-10-6-11(17)7-10/h5,10-11,17H,4,6-8H2,1-3H3. The molecule has 1 fully saturated rings. The third kappa shape index (κ3) is 2.56. The molecule has 1 aliphatic rings. The van der Waals surface area contributed by atoms with E-state index in [1.807, 2.05) is 27.0 Å². The molecule has 0 spiro atoms. The maximum Gasteiger partial charge on any atom is 0.271 e. The Morgan fingerprint density at radius 3 is 2.83 bits per heavy atom. The van der Waals surface area contributed by atoms with Crippen molar-refractivity contribution in [2.45, 2.75) is 39.3 Å². The largest absolute Gasteiger partial charge is 0.393 e. The highest BCUT2D eigenvalue weighted by molar-refractivity contribution is 5.92. The van der Waals surface area contributed by atoms with Gasteiger partial charge in [0.05, 0.1) is 11.8 Å². The Bertz CT molecular complexity index is 435. The zero-order valence-corrected chi connectivity index (χ0v) is 11.3. The highest BCUT2D eigenvalue weighted by atomic mass is 16.3. The molecule has 0 aromatic carbocycles. The molecule has 1 N–H and O–H groups in total. The van der Waals surface area contributed by atoms with Crippen LogP contribution in [0.3, 0.4) is 0 Å². The third-order valence-electron chi connectivity index (χ3n) is 3.51. The molecule has 1 aliphatic carbocycles. The lowest BCUT2D eigenvalue weighted by atomic mass is 9.82. The van der Waals surface area contributed by atoms with Crippen molar-refractivity contribution < 1.29 is 9.90 Å². The van der Waals surface area contributed by atoms with Crippen LogP contribution in [0.2, 0.25) is 0 Å². The molecule has 5 heteroatoms. The fourth-order valence-electron chi connectivity index (χ4n) is 2.47. The van der Waals surface area contributed by atoms with Gasteiger partial charge in [0, 0.05) is 20.1 Å². The molecule has 18 heavy (non-hydrogen) atoms. The van der Waals surface area contributed by atoms with Crippen molar-refractivity contribution in [3.63, 3.8) is 0 Å². The molecule has 1 aromatic rings. The van der Waals surface area contributed by atoms with Gasteiger partial charge in [0.15, 0.2) is 0 Å². The van der Waals surface area contributed by atoms with Crippen LogP contribution in [0.25, 0.3) is 0 Å². The normalized spacial score (nSPS) is 22.7. The van der Waals surface area contributed by atoms with Gasteiger partial charge in [-0.15, -0.1) is 0 Å². The van der Waals surface area contributed by atoms with E-state index in [0.29, 0.717) is 24.7 Å². The van der Waals surface area contributed by atoms with Crippen molar-refractivity contribution in [1.29, 1.82) is 0 Å². The zero-order valence-electron chi connectivity index (χ0n) is 11.3. The van der Waals surface area contributed by atoms with Gasteiger partial charge in [-0.2, -0.15) is 5.10 Å². The van der Waals surface area contributed by atoms with Crippen molar-refractivity contribution in [3.8, 4) is 0 Å². The molecule has 1 saturated carbocycles. The molecule has 0 atom stereocenters. The summed E-state index contributed by atoms with van der Waals surface area (Å²) in [5, 5.41) is 13.5. The Hall–Kier alpha value is -1.36. The van der Waals surface area contributed by atoms with E-state index in [0.717, 1.165) is 18.5 Å². The predicted octanol–water partition coefficient (Wildman–Crippen LogP) is 1.05. The second-order valence-corrected chi connectivity index (χ2v) is 5.16. The summed E-state index contributed by atoms with van der Waals surface area (Å²) in [4.78, 5) is 14.0. The Kier molecular flexibility index (Phi) is 3.71. The van der Waals surface area contributed by atoms with Crippen LogP contribution in [-0.4, -0.2) is 45.4 Å². The lowest BCUT2D eigenvalue weighted by Crippen LogP contribution is -2.40. The van der Waals surface area contributed by atoms with E-state index in [2.05, 4.69) is 5.10 Å². The van der Waals surface area contributed by atoms with Gasteiger partial charge in [-0.25, -0.2) is 0 Å². The van der Waals surface area contributed by atoms with Crippen LogP contribution in [0.4, 0.5) is 0 Å². The van der Waals surface area contributed by atoms with Crippen LogP contribution >= 0.6 is 0 Å². The minimum Gasteiger partial charge on any atom is -0.393 e. The van der Waals surface area contributed by atoms with Gasteiger partial charge in [0.2, 0.25) is 0 Å². The molecule has 2 rings (SSSR count). The highest BCUT2D eigenvalue weighted by Crippen LogP contribution is 2.27. The van der Waals surface area contributed by atoms with Crippen molar-refractivity contribution in [2.75, 3.05) is 13.6 Å². The fraction of sp³-hybridized carbons (Fsp3) is 0.692. The maximum atomic E-state index is 12.3. The lowest BCUT2D eigenvalue weighted by molar-refractivity contribution is 0.0262. The molecule has 1 aromatic heterocycles. The van der Waals surface area contributed by atoms with Gasteiger partial charge in [-0.05, 0) is 38.7 Å². The van der Waals surface area contributed by atoms with E-state index in [9.17, 15) is 9.90 Å². The maximum absolute atomic E-state index is 12.3. The number of nitrogens with zero attached hydrogens (tertiary/aromatic N) is 3. The Morgan fingerprint density at radius 2 is 2.28 bits per heavy atom. The first kappa shape index (κ1) is 13.1. The molecule has 5 nitrogen and oxygen atoms in total. The molecule has 1 amide bonds. The molecule has 0 unspecified atom stereocenters. The number of carbonyl (C=O) groups excluding carboxylic acids is 1. The van der Waals surface area contributed by atoms with E-state index in [-0.39, 0.29) is 12.0 Å². The summed E-state index contributed by atoms with van der Waals surface area (Å²) in [5.41, 5.74) is 1.52. The van der Waals surface area contributed by atoms with E-state index in [1.54, 1.807) is 9.58 Å². The number of carbonyl (C=O) groups is 1. The minimum atomic E-state index is -0.165. The van der Waals surface area contributed by atoms with E-state index in [1.165, 1.54) is 0 Å². The topological polar surface area (TPSA) is 58.4 Å². The second kappa shape index (κ2) is 5.10. The molecule has 0 radical (unpaired) electrons. The summed E-state index contributed by atoms with van der Waals surface area (Å²) in [5.74, 6) is 0.451. The van der Waals surface area contributed by atoms with E-state index < -0.39 is 0 Å². The number of hydrogen-bond acceptors (Lipinski definition) is 3. The Morgan fingerprint density at radius 1 is 1.61 bits per heavy atom.